The molecule has 1 aromatic heterocycles. The molecule has 7 nitrogen and oxygen atoms in total. The van der Waals surface area contributed by atoms with E-state index in [9.17, 15) is 5.11 Å². The number of allylic oxidation sites excluding steroid dienone is 3. The lowest BCUT2D eigenvalue weighted by atomic mass is 10.1. The van der Waals surface area contributed by atoms with Gasteiger partial charge in [0.05, 0.1) is 35.4 Å². The van der Waals surface area contributed by atoms with Crippen molar-refractivity contribution in [1.29, 1.82) is 5.41 Å². The van der Waals surface area contributed by atoms with Gasteiger partial charge < -0.3 is 20.7 Å². The Morgan fingerprint density at radius 1 is 1.26 bits per heavy atom. The molecule has 2 rings (SSSR count). The van der Waals surface area contributed by atoms with Gasteiger partial charge >= 0.3 is 0 Å². The highest BCUT2D eigenvalue weighted by molar-refractivity contribution is 6.13. The summed E-state index contributed by atoms with van der Waals surface area (Å²) in [6.07, 6.45) is 13.6. The minimum atomic E-state index is -0.444. The zero-order valence-electron chi connectivity index (χ0n) is 19.8. The Kier molecular flexibility index (Phi) is 9.24. The fourth-order valence-electron chi connectivity index (χ4n) is 3.45. The summed E-state index contributed by atoms with van der Waals surface area (Å²) in [4.78, 5) is 6.97. The minimum Gasteiger partial charge on any atom is -0.391 e. The van der Waals surface area contributed by atoms with Gasteiger partial charge in [0.15, 0.2) is 0 Å². The smallest absolute Gasteiger partial charge is 0.0974 e. The van der Waals surface area contributed by atoms with Crippen LogP contribution in [0.25, 0.3) is 0 Å². The summed E-state index contributed by atoms with van der Waals surface area (Å²) in [7, 11) is 2.00. The van der Waals surface area contributed by atoms with E-state index in [4.69, 9.17) is 10.4 Å². The number of nitrogens with one attached hydrogen (secondary N) is 2. The van der Waals surface area contributed by atoms with Crippen molar-refractivity contribution >= 4 is 11.9 Å². The molecular weight excluding hydrogens is 388 g/mol. The van der Waals surface area contributed by atoms with Gasteiger partial charge in [-0.15, -0.1) is 0 Å². The van der Waals surface area contributed by atoms with Gasteiger partial charge in [0.1, 0.15) is 0 Å². The van der Waals surface area contributed by atoms with Crippen molar-refractivity contribution in [3.8, 4) is 0 Å². The standard InChI is InChI=1S/C24H38N6O/c1-7-10-22-24(19-13-27-30(15-19)20(8-2)9-3)28-21(16-29(22)6)18(11-25)12-26-14-23(31)17(4)5/h10-13,15-17,20,23,25-26,31H,7-9,14H2,1-6H3/b18-12+,22-10-,25-11?. The van der Waals surface area contributed by atoms with E-state index in [0.29, 0.717) is 23.9 Å². The third-order valence-corrected chi connectivity index (χ3v) is 5.57. The Hall–Kier alpha value is -2.67. The molecule has 0 aromatic carbocycles. The Labute approximate surface area is 186 Å². The number of hydrogen-bond donors (Lipinski definition) is 3. The van der Waals surface area contributed by atoms with Crippen LogP contribution in [0.1, 0.15) is 65.5 Å². The molecule has 2 heterocycles. The zero-order valence-corrected chi connectivity index (χ0v) is 19.8. The lowest BCUT2D eigenvalue weighted by Crippen LogP contribution is -2.28. The van der Waals surface area contributed by atoms with Crippen LogP contribution in [0.4, 0.5) is 0 Å². The number of aliphatic hydroxyl groups is 1. The number of aromatic nitrogens is 2. The van der Waals surface area contributed by atoms with E-state index >= 15 is 0 Å². The molecule has 1 atom stereocenters. The lowest BCUT2D eigenvalue weighted by Gasteiger charge is -2.26. The predicted molar refractivity (Wildman–Crippen MR) is 128 cm³/mol. The molecule has 3 N–H and O–H groups in total. The van der Waals surface area contributed by atoms with Crippen LogP contribution in [0.15, 0.2) is 52.8 Å². The molecule has 1 aromatic rings. The first-order valence-corrected chi connectivity index (χ1v) is 11.3. The second-order valence-corrected chi connectivity index (χ2v) is 8.23. The van der Waals surface area contributed by atoms with Crippen molar-refractivity contribution in [2.24, 2.45) is 10.9 Å². The van der Waals surface area contributed by atoms with Gasteiger partial charge in [-0.25, -0.2) is 4.99 Å². The lowest BCUT2D eigenvalue weighted by molar-refractivity contribution is 0.127. The van der Waals surface area contributed by atoms with E-state index in [2.05, 4.69) is 48.4 Å². The van der Waals surface area contributed by atoms with Crippen LogP contribution in [0.3, 0.4) is 0 Å². The fraction of sp³-hybridized carbons (Fsp3) is 0.542. The van der Waals surface area contributed by atoms with Gasteiger partial charge in [-0.05, 0) is 25.2 Å². The summed E-state index contributed by atoms with van der Waals surface area (Å²) in [6.45, 7) is 10.8. The van der Waals surface area contributed by atoms with Crippen LogP contribution in [-0.2, 0) is 0 Å². The zero-order chi connectivity index (χ0) is 23.0. The first kappa shape index (κ1) is 24.6. The molecule has 0 radical (unpaired) electrons. The highest BCUT2D eigenvalue weighted by Crippen LogP contribution is 2.25. The van der Waals surface area contributed by atoms with Gasteiger partial charge in [-0.2, -0.15) is 5.10 Å². The van der Waals surface area contributed by atoms with Crippen LogP contribution in [0, 0.1) is 11.3 Å². The van der Waals surface area contributed by atoms with Crippen LogP contribution >= 0.6 is 0 Å². The van der Waals surface area contributed by atoms with Crippen molar-refractivity contribution < 1.29 is 5.11 Å². The topological polar surface area (TPSA) is 89.5 Å². The van der Waals surface area contributed by atoms with Crippen LogP contribution in [0.5, 0.6) is 0 Å². The fourth-order valence-corrected chi connectivity index (χ4v) is 3.45. The molecule has 0 saturated carbocycles. The van der Waals surface area contributed by atoms with Crippen molar-refractivity contribution in [3.63, 3.8) is 0 Å². The molecule has 0 saturated heterocycles. The second-order valence-electron chi connectivity index (χ2n) is 8.23. The van der Waals surface area contributed by atoms with E-state index in [1.54, 1.807) is 6.20 Å². The molecular formula is C24H38N6O. The van der Waals surface area contributed by atoms with Gasteiger partial charge in [-0.3, -0.25) is 4.68 Å². The maximum Gasteiger partial charge on any atom is 0.0974 e. The molecule has 0 fully saturated rings. The molecule has 0 aliphatic carbocycles. The molecule has 7 heteroatoms. The summed E-state index contributed by atoms with van der Waals surface area (Å²) in [5.74, 6) is 0.169. The molecule has 0 amide bonds. The summed E-state index contributed by atoms with van der Waals surface area (Å²) in [6, 6.07) is 0.373. The average Bonchev–Trinajstić information content (AvgIpc) is 3.23. The number of nitrogens with zero attached hydrogens (tertiary/aromatic N) is 4. The number of rotatable bonds is 11. The van der Waals surface area contributed by atoms with Gasteiger partial charge in [0.25, 0.3) is 0 Å². The summed E-state index contributed by atoms with van der Waals surface area (Å²) in [5, 5.41) is 25.6. The highest BCUT2D eigenvalue weighted by Gasteiger charge is 2.22. The van der Waals surface area contributed by atoms with E-state index in [1.165, 1.54) is 6.21 Å². The third kappa shape index (κ3) is 6.17. The van der Waals surface area contributed by atoms with Crippen LogP contribution in [0.2, 0.25) is 0 Å². The maximum atomic E-state index is 10.0. The van der Waals surface area contributed by atoms with Crippen molar-refractivity contribution in [3.05, 3.63) is 53.4 Å². The van der Waals surface area contributed by atoms with Crippen LogP contribution in [-0.4, -0.2) is 51.4 Å². The van der Waals surface area contributed by atoms with Gasteiger partial charge in [0, 0.05) is 49.5 Å². The molecule has 0 spiro atoms. The summed E-state index contributed by atoms with van der Waals surface area (Å²) >= 11 is 0. The largest absolute Gasteiger partial charge is 0.391 e. The Morgan fingerprint density at radius 3 is 2.55 bits per heavy atom. The average molecular weight is 427 g/mol. The first-order chi connectivity index (χ1) is 14.9. The first-order valence-electron chi connectivity index (χ1n) is 11.3. The monoisotopic (exact) mass is 426 g/mol. The molecule has 1 aliphatic heterocycles. The van der Waals surface area contributed by atoms with Gasteiger partial charge in [-0.1, -0.05) is 40.7 Å². The maximum absolute atomic E-state index is 10.0. The van der Waals surface area contributed by atoms with Crippen molar-refractivity contribution in [1.82, 2.24) is 20.0 Å². The quantitative estimate of drug-likeness (QED) is 0.461. The van der Waals surface area contributed by atoms with E-state index < -0.39 is 6.10 Å². The Bertz CT molecular complexity index is 857. The molecule has 170 valence electrons. The normalized spacial score (nSPS) is 17.3. The van der Waals surface area contributed by atoms with Crippen molar-refractivity contribution in [2.75, 3.05) is 13.6 Å². The van der Waals surface area contributed by atoms with E-state index in [0.717, 1.165) is 36.2 Å². The SMILES string of the molecule is CC/C=C1/C(c2cnn(C(CC)CC)c2)=NC(/C(C=N)=C/NCC(O)C(C)C)=CN1C. The second kappa shape index (κ2) is 11.6. The third-order valence-electron chi connectivity index (χ3n) is 5.57. The predicted octanol–water partition coefficient (Wildman–Crippen LogP) is 4.25. The van der Waals surface area contributed by atoms with Gasteiger partial charge in [0.2, 0.25) is 0 Å². The van der Waals surface area contributed by atoms with Crippen molar-refractivity contribution in [2.45, 2.75) is 66.0 Å². The van der Waals surface area contributed by atoms with E-state index in [1.807, 2.05) is 38.0 Å². The molecule has 31 heavy (non-hydrogen) atoms. The van der Waals surface area contributed by atoms with Crippen LogP contribution < -0.4 is 5.32 Å². The molecule has 1 aliphatic rings. The molecule has 1 unspecified atom stereocenters. The Morgan fingerprint density at radius 2 is 1.97 bits per heavy atom. The van der Waals surface area contributed by atoms with E-state index in [-0.39, 0.29) is 5.92 Å². The summed E-state index contributed by atoms with van der Waals surface area (Å²) < 4.78 is 2.03. The summed E-state index contributed by atoms with van der Waals surface area (Å²) in [5.41, 5.74) is 4.21. The number of likely N-dealkylation sites (N-methyl/N-ethyl adjacent to an activating group) is 1. The minimum absolute atomic E-state index is 0.169. The Balaban J connectivity index is 2.39. The number of aliphatic imine (C=N–C) groups is 1. The number of hydrogen-bond acceptors (Lipinski definition) is 6. The molecule has 0 bridgehead atoms. The highest BCUT2D eigenvalue weighted by atomic mass is 16.3. The number of aliphatic hydroxyl groups excluding tert-OH is 1.